The summed E-state index contributed by atoms with van der Waals surface area (Å²) in [5.41, 5.74) is 4.70. The van der Waals surface area contributed by atoms with Crippen molar-refractivity contribution >= 4 is 22.2 Å². The minimum Gasteiger partial charge on any atom is -0.353 e. The first-order chi connectivity index (χ1) is 10.8. The van der Waals surface area contributed by atoms with E-state index in [1.807, 2.05) is 6.07 Å². The Balaban J connectivity index is 1.65. The predicted molar refractivity (Wildman–Crippen MR) is 91.2 cm³/mol. The third-order valence-corrected chi connectivity index (χ3v) is 4.63. The quantitative estimate of drug-likeness (QED) is 0.601. The average Bonchev–Trinajstić information content (AvgIpc) is 3.14. The summed E-state index contributed by atoms with van der Waals surface area (Å²) in [6.45, 7) is 2.11. The Morgan fingerprint density at radius 2 is 1.86 bits per heavy atom. The van der Waals surface area contributed by atoms with Crippen molar-refractivity contribution < 1.29 is 0 Å². The van der Waals surface area contributed by atoms with Crippen molar-refractivity contribution in [3.8, 4) is 10.7 Å². The SMILES string of the molecule is Cc1ccc2[nH]c(-c3nnc(Cc4ccccc4)s3)cc2c1. The topological polar surface area (TPSA) is 41.6 Å². The minimum absolute atomic E-state index is 0.831. The van der Waals surface area contributed by atoms with E-state index in [0.29, 0.717) is 0 Å². The van der Waals surface area contributed by atoms with Crippen LogP contribution < -0.4 is 0 Å². The lowest BCUT2D eigenvalue weighted by atomic mass is 10.2. The monoisotopic (exact) mass is 305 g/mol. The summed E-state index contributed by atoms with van der Waals surface area (Å²) in [5.74, 6) is 0. The second kappa shape index (κ2) is 5.39. The molecule has 0 spiro atoms. The van der Waals surface area contributed by atoms with Crippen molar-refractivity contribution in [2.45, 2.75) is 13.3 Å². The highest BCUT2D eigenvalue weighted by molar-refractivity contribution is 7.14. The first kappa shape index (κ1) is 13.2. The number of nitrogens with zero attached hydrogens (tertiary/aromatic N) is 2. The maximum Gasteiger partial charge on any atom is 0.164 e. The second-order valence-corrected chi connectivity index (χ2v) is 6.50. The highest BCUT2D eigenvalue weighted by Crippen LogP contribution is 2.28. The fourth-order valence-electron chi connectivity index (χ4n) is 2.57. The molecule has 0 aliphatic heterocycles. The Bertz CT molecular complexity index is 922. The van der Waals surface area contributed by atoms with Crippen molar-refractivity contribution in [1.82, 2.24) is 15.2 Å². The number of hydrogen-bond acceptors (Lipinski definition) is 3. The van der Waals surface area contributed by atoms with Crippen molar-refractivity contribution in [3.63, 3.8) is 0 Å². The van der Waals surface area contributed by atoms with Crippen LogP contribution in [0.15, 0.2) is 54.6 Å². The van der Waals surface area contributed by atoms with Crippen LogP contribution in [0.2, 0.25) is 0 Å². The van der Waals surface area contributed by atoms with Crippen LogP contribution in [0, 0.1) is 6.92 Å². The van der Waals surface area contributed by atoms with Crippen LogP contribution in [0.3, 0.4) is 0 Å². The van der Waals surface area contributed by atoms with Gasteiger partial charge in [0.2, 0.25) is 0 Å². The van der Waals surface area contributed by atoms with E-state index >= 15 is 0 Å². The van der Waals surface area contributed by atoms with Crippen LogP contribution in [-0.2, 0) is 6.42 Å². The van der Waals surface area contributed by atoms with Gasteiger partial charge in [0.05, 0.1) is 5.69 Å². The number of rotatable bonds is 3. The molecule has 0 aliphatic carbocycles. The maximum absolute atomic E-state index is 4.34. The van der Waals surface area contributed by atoms with Crippen LogP contribution in [0.4, 0.5) is 0 Å². The number of H-pyrrole nitrogens is 1. The minimum atomic E-state index is 0.831. The number of aryl methyl sites for hydroxylation is 1. The number of benzene rings is 2. The molecule has 1 N–H and O–H groups in total. The van der Waals surface area contributed by atoms with Gasteiger partial charge in [-0.2, -0.15) is 0 Å². The van der Waals surface area contributed by atoms with Crippen LogP contribution in [0.5, 0.6) is 0 Å². The molecule has 22 heavy (non-hydrogen) atoms. The molecule has 0 saturated heterocycles. The van der Waals surface area contributed by atoms with Gasteiger partial charge in [0.25, 0.3) is 0 Å². The molecule has 0 saturated carbocycles. The van der Waals surface area contributed by atoms with Gasteiger partial charge in [0.15, 0.2) is 5.01 Å². The lowest BCUT2D eigenvalue weighted by Crippen LogP contribution is -1.85. The first-order valence-corrected chi connectivity index (χ1v) is 8.06. The summed E-state index contributed by atoms with van der Waals surface area (Å²) in [6.07, 6.45) is 0.831. The van der Waals surface area contributed by atoms with Crippen molar-refractivity contribution in [1.29, 1.82) is 0 Å². The molecule has 0 aliphatic rings. The molecule has 0 atom stereocenters. The molecule has 0 bridgehead atoms. The van der Waals surface area contributed by atoms with Gasteiger partial charge < -0.3 is 4.98 Å². The summed E-state index contributed by atoms with van der Waals surface area (Å²) >= 11 is 1.65. The molecular weight excluding hydrogens is 290 g/mol. The highest BCUT2D eigenvalue weighted by atomic mass is 32.1. The summed E-state index contributed by atoms with van der Waals surface area (Å²) in [4.78, 5) is 3.42. The van der Waals surface area contributed by atoms with Crippen LogP contribution in [0.1, 0.15) is 16.1 Å². The number of nitrogens with one attached hydrogen (secondary N) is 1. The number of aromatic nitrogens is 3. The lowest BCUT2D eigenvalue weighted by molar-refractivity contribution is 1.00. The number of hydrogen-bond donors (Lipinski definition) is 1. The van der Waals surface area contributed by atoms with Gasteiger partial charge in [0, 0.05) is 17.3 Å². The van der Waals surface area contributed by atoms with E-state index < -0.39 is 0 Å². The third kappa shape index (κ3) is 2.53. The molecule has 3 nitrogen and oxygen atoms in total. The van der Waals surface area contributed by atoms with E-state index in [1.54, 1.807) is 11.3 Å². The molecule has 0 fully saturated rings. The zero-order valence-electron chi connectivity index (χ0n) is 12.2. The zero-order valence-corrected chi connectivity index (χ0v) is 13.0. The van der Waals surface area contributed by atoms with E-state index in [1.165, 1.54) is 16.5 Å². The fraction of sp³-hybridized carbons (Fsp3) is 0.111. The molecule has 0 amide bonds. The Hall–Kier alpha value is -2.46. The predicted octanol–water partition coefficient (Wildman–Crippen LogP) is 4.59. The standard InChI is InChI=1S/C18H15N3S/c1-12-7-8-15-14(9-12)11-16(19-15)18-21-20-17(22-18)10-13-5-3-2-4-6-13/h2-9,11,19H,10H2,1H3. The molecule has 0 radical (unpaired) electrons. The Morgan fingerprint density at radius 3 is 2.73 bits per heavy atom. The van der Waals surface area contributed by atoms with E-state index in [2.05, 4.69) is 70.6 Å². The summed E-state index contributed by atoms with van der Waals surface area (Å²) in [5, 5.41) is 11.9. The summed E-state index contributed by atoms with van der Waals surface area (Å²) < 4.78 is 0. The van der Waals surface area contributed by atoms with Gasteiger partial charge in [-0.25, -0.2) is 0 Å². The van der Waals surface area contributed by atoms with Gasteiger partial charge in [-0.1, -0.05) is 53.3 Å². The number of aromatic amines is 1. The molecule has 2 aromatic carbocycles. The zero-order chi connectivity index (χ0) is 14.9. The Morgan fingerprint density at radius 1 is 1.00 bits per heavy atom. The van der Waals surface area contributed by atoms with Crippen molar-refractivity contribution in [2.24, 2.45) is 0 Å². The summed E-state index contributed by atoms with van der Waals surface area (Å²) in [6, 6.07) is 18.9. The highest BCUT2D eigenvalue weighted by Gasteiger charge is 2.10. The average molecular weight is 305 g/mol. The van der Waals surface area contributed by atoms with Gasteiger partial charge in [-0.05, 0) is 30.7 Å². The van der Waals surface area contributed by atoms with E-state index in [4.69, 9.17) is 0 Å². The van der Waals surface area contributed by atoms with Gasteiger partial charge in [-0.15, -0.1) is 10.2 Å². The molecule has 4 aromatic rings. The maximum atomic E-state index is 4.34. The molecule has 0 unspecified atom stereocenters. The Labute approximate surface area is 132 Å². The Kier molecular flexibility index (Phi) is 3.24. The van der Waals surface area contributed by atoms with Crippen LogP contribution >= 0.6 is 11.3 Å². The van der Waals surface area contributed by atoms with Crippen LogP contribution in [-0.4, -0.2) is 15.2 Å². The van der Waals surface area contributed by atoms with E-state index in [-0.39, 0.29) is 0 Å². The summed E-state index contributed by atoms with van der Waals surface area (Å²) in [7, 11) is 0. The normalized spacial score (nSPS) is 11.1. The van der Waals surface area contributed by atoms with Crippen molar-refractivity contribution in [3.05, 3.63) is 70.7 Å². The third-order valence-electron chi connectivity index (χ3n) is 3.67. The van der Waals surface area contributed by atoms with Gasteiger partial charge in [-0.3, -0.25) is 0 Å². The van der Waals surface area contributed by atoms with Crippen LogP contribution in [0.25, 0.3) is 21.6 Å². The smallest absolute Gasteiger partial charge is 0.164 e. The second-order valence-electron chi connectivity index (χ2n) is 5.44. The van der Waals surface area contributed by atoms with Gasteiger partial charge >= 0.3 is 0 Å². The largest absolute Gasteiger partial charge is 0.353 e. The number of fused-ring (bicyclic) bond motifs is 1. The fourth-order valence-corrected chi connectivity index (χ4v) is 3.42. The molecule has 2 heterocycles. The van der Waals surface area contributed by atoms with E-state index in [0.717, 1.165) is 27.6 Å². The molecule has 2 aromatic heterocycles. The molecule has 4 rings (SSSR count). The van der Waals surface area contributed by atoms with Crippen molar-refractivity contribution in [2.75, 3.05) is 0 Å². The molecular formula is C18H15N3S. The van der Waals surface area contributed by atoms with E-state index in [9.17, 15) is 0 Å². The molecule has 4 heteroatoms. The first-order valence-electron chi connectivity index (χ1n) is 7.24. The molecule has 108 valence electrons. The van der Waals surface area contributed by atoms with Gasteiger partial charge in [0.1, 0.15) is 5.01 Å². The lowest BCUT2D eigenvalue weighted by Gasteiger charge is -1.94.